The Labute approximate surface area is 158 Å². The molecule has 2 aliphatic heterocycles. The van der Waals surface area contributed by atoms with E-state index in [-0.39, 0.29) is 18.5 Å². The molecule has 4 rings (SSSR count). The summed E-state index contributed by atoms with van der Waals surface area (Å²) >= 11 is 0. The van der Waals surface area contributed by atoms with Gasteiger partial charge in [-0.15, -0.1) is 0 Å². The molecule has 0 bridgehead atoms. The van der Waals surface area contributed by atoms with Crippen LogP contribution < -0.4 is 9.80 Å². The number of anilines is 2. The standard InChI is InChI=1S/C20H26N2O5/c1-20(2,3)27-18(24)17-15-9-21(10-16(15)17)12-4-6-13(7-5-12)22-8-14(11-23)26-19(22)25/h4-7,14-17,23H,8-11H2,1-3H3. The molecule has 1 amide bonds. The van der Waals surface area contributed by atoms with Gasteiger partial charge >= 0.3 is 12.1 Å². The molecule has 1 N–H and O–H groups in total. The normalized spacial score (nSPS) is 29.6. The molecule has 3 atom stereocenters. The Hall–Kier alpha value is -2.28. The van der Waals surface area contributed by atoms with Gasteiger partial charge in [-0.3, -0.25) is 9.69 Å². The number of benzene rings is 1. The van der Waals surface area contributed by atoms with E-state index in [1.54, 1.807) is 0 Å². The van der Waals surface area contributed by atoms with Gasteiger partial charge in [0.25, 0.3) is 0 Å². The average Bonchev–Trinajstić information content (AvgIpc) is 2.93. The molecule has 2 heterocycles. The van der Waals surface area contributed by atoms with Crippen molar-refractivity contribution in [3.63, 3.8) is 0 Å². The summed E-state index contributed by atoms with van der Waals surface area (Å²) in [6, 6.07) is 7.77. The second-order valence-electron chi connectivity index (χ2n) is 8.61. The number of nitrogens with zero attached hydrogens (tertiary/aromatic N) is 2. The highest BCUT2D eigenvalue weighted by Gasteiger charge is 2.60. The molecule has 1 aliphatic carbocycles. The Balaban J connectivity index is 1.35. The molecule has 3 fully saturated rings. The van der Waals surface area contributed by atoms with Gasteiger partial charge in [0, 0.05) is 24.5 Å². The van der Waals surface area contributed by atoms with Crippen LogP contribution in [0.4, 0.5) is 16.2 Å². The first-order chi connectivity index (χ1) is 12.8. The Kier molecular flexibility index (Phi) is 4.29. The maximum absolute atomic E-state index is 12.2. The first-order valence-corrected chi connectivity index (χ1v) is 9.44. The minimum atomic E-state index is -0.465. The first kappa shape index (κ1) is 18.1. The number of ether oxygens (including phenoxy) is 2. The van der Waals surface area contributed by atoms with Gasteiger partial charge in [0.2, 0.25) is 0 Å². The second-order valence-corrected chi connectivity index (χ2v) is 8.61. The van der Waals surface area contributed by atoms with Crippen LogP contribution in [0.1, 0.15) is 20.8 Å². The van der Waals surface area contributed by atoms with Crippen LogP contribution in [-0.2, 0) is 14.3 Å². The van der Waals surface area contributed by atoms with Crippen molar-refractivity contribution in [2.75, 3.05) is 36.0 Å². The summed E-state index contributed by atoms with van der Waals surface area (Å²) in [5.41, 5.74) is 1.41. The zero-order valence-corrected chi connectivity index (χ0v) is 15.9. The fourth-order valence-corrected chi connectivity index (χ4v) is 4.13. The Bertz CT molecular complexity index is 730. The van der Waals surface area contributed by atoms with Gasteiger partial charge in [-0.2, -0.15) is 0 Å². The molecule has 27 heavy (non-hydrogen) atoms. The van der Waals surface area contributed by atoms with E-state index in [2.05, 4.69) is 4.90 Å². The quantitative estimate of drug-likeness (QED) is 0.813. The van der Waals surface area contributed by atoms with Crippen LogP contribution in [0.5, 0.6) is 0 Å². The van der Waals surface area contributed by atoms with Crippen LogP contribution in [0.3, 0.4) is 0 Å². The lowest BCUT2D eigenvalue weighted by molar-refractivity contribution is -0.157. The van der Waals surface area contributed by atoms with Crippen molar-refractivity contribution in [1.29, 1.82) is 0 Å². The molecule has 3 unspecified atom stereocenters. The number of cyclic esters (lactones) is 1. The minimum Gasteiger partial charge on any atom is -0.460 e. The van der Waals surface area contributed by atoms with Crippen LogP contribution in [0.2, 0.25) is 0 Å². The number of piperidine rings is 1. The second kappa shape index (κ2) is 6.41. The van der Waals surface area contributed by atoms with Crippen molar-refractivity contribution >= 4 is 23.4 Å². The summed E-state index contributed by atoms with van der Waals surface area (Å²) in [7, 11) is 0. The summed E-state index contributed by atoms with van der Waals surface area (Å²) in [6.45, 7) is 7.59. The van der Waals surface area contributed by atoms with E-state index < -0.39 is 17.8 Å². The van der Waals surface area contributed by atoms with Crippen LogP contribution in [0.25, 0.3) is 0 Å². The summed E-state index contributed by atoms with van der Waals surface area (Å²) in [5.74, 6) is 0.713. The van der Waals surface area contributed by atoms with Gasteiger partial charge in [0.1, 0.15) is 11.7 Å². The lowest BCUT2D eigenvalue weighted by atomic mass is 10.2. The maximum Gasteiger partial charge on any atom is 0.414 e. The zero-order valence-electron chi connectivity index (χ0n) is 15.9. The number of esters is 1. The lowest BCUT2D eigenvalue weighted by Gasteiger charge is -2.24. The van der Waals surface area contributed by atoms with Crippen molar-refractivity contribution < 1.29 is 24.2 Å². The molecular formula is C20H26N2O5. The van der Waals surface area contributed by atoms with E-state index in [1.165, 1.54) is 4.90 Å². The molecule has 1 saturated carbocycles. The Morgan fingerprint density at radius 3 is 2.26 bits per heavy atom. The largest absolute Gasteiger partial charge is 0.460 e. The predicted octanol–water partition coefficient (Wildman–Crippen LogP) is 2.03. The number of hydrogen-bond donors (Lipinski definition) is 1. The summed E-state index contributed by atoms with van der Waals surface area (Å²) in [4.78, 5) is 27.9. The number of rotatable bonds is 4. The van der Waals surface area contributed by atoms with E-state index in [1.807, 2.05) is 45.0 Å². The molecule has 3 aliphatic rings. The zero-order chi connectivity index (χ0) is 19.3. The van der Waals surface area contributed by atoms with Crippen LogP contribution in [-0.4, -0.2) is 55.1 Å². The molecule has 0 aromatic heterocycles. The predicted molar refractivity (Wildman–Crippen MR) is 99.7 cm³/mol. The Morgan fingerprint density at radius 2 is 1.74 bits per heavy atom. The van der Waals surface area contributed by atoms with Crippen LogP contribution in [0.15, 0.2) is 24.3 Å². The maximum atomic E-state index is 12.2. The molecule has 7 nitrogen and oxygen atoms in total. The molecule has 0 spiro atoms. The van der Waals surface area contributed by atoms with Gasteiger partial charge in [-0.1, -0.05) is 0 Å². The van der Waals surface area contributed by atoms with Crippen molar-refractivity contribution in [3.8, 4) is 0 Å². The number of carbonyl (C=O) groups is 2. The van der Waals surface area contributed by atoms with E-state index in [0.717, 1.165) is 24.5 Å². The van der Waals surface area contributed by atoms with Crippen LogP contribution >= 0.6 is 0 Å². The minimum absolute atomic E-state index is 0.0366. The number of aliphatic hydroxyl groups excluding tert-OH is 1. The highest BCUT2D eigenvalue weighted by atomic mass is 16.6. The SMILES string of the molecule is CC(C)(C)OC(=O)C1C2CN(c3ccc(N4CC(CO)OC4=O)cc3)CC21. The molecule has 7 heteroatoms. The molecule has 2 saturated heterocycles. The van der Waals surface area contributed by atoms with Crippen molar-refractivity contribution in [3.05, 3.63) is 24.3 Å². The van der Waals surface area contributed by atoms with Gasteiger partial charge in [0.05, 0.1) is 19.1 Å². The third-order valence-electron chi connectivity index (χ3n) is 5.48. The van der Waals surface area contributed by atoms with Gasteiger partial charge in [-0.25, -0.2) is 4.79 Å². The lowest BCUT2D eigenvalue weighted by Crippen LogP contribution is -2.30. The van der Waals surface area contributed by atoms with E-state index >= 15 is 0 Å². The molecule has 1 aromatic carbocycles. The Morgan fingerprint density at radius 1 is 1.15 bits per heavy atom. The molecule has 1 aromatic rings. The number of amides is 1. The number of fused-ring (bicyclic) bond motifs is 1. The fourth-order valence-electron chi connectivity index (χ4n) is 4.13. The van der Waals surface area contributed by atoms with Gasteiger partial charge in [-0.05, 0) is 56.9 Å². The molecule has 146 valence electrons. The topological polar surface area (TPSA) is 79.3 Å². The van der Waals surface area contributed by atoms with Crippen molar-refractivity contribution in [1.82, 2.24) is 0 Å². The number of carbonyl (C=O) groups excluding carboxylic acids is 2. The highest BCUT2D eigenvalue weighted by Crippen LogP contribution is 2.53. The van der Waals surface area contributed by atoms with Crippen molar-refractivity contribution in [2.45, 2.75) is 32.5 Å². The number of aliphatic hydroxyl groups is 1. The van der Waals surface area contributed by atoms with Crippen LogP contribution in [0, 0.1) is 17.8 Å². The van der Waals surface area contributed by atoms with Gasteiger partial charge in [0.15, 0.2) is 0 Å². The average molecular weight is 374 g/mol. The fraction of sp³-hybridized carbons (Fsp3) is 0.600. The van der Waals surface area contributed by atoms with E-state index in [9.17, 15) is 9.59 Å². The highest BCUT2D eigenvalue weighted by molar-refractivity contribution is 5.90. The molecular weight excluding hydrogens is 348 g/mol. The number of hydrogen-bond acceptors (Lipinski definition) is 6. The first-order valence-electron chi connectivity index (χ1n) is 9.44. The van der Waals surface area contributed by atoms with E-state index in [0.29, 0.717) is 18.4 Å². The summed E-state index contributed by atoms with van der Waals surface area (Å²) in [5, 5.41) is 9.14. The summed E-state index contributed by atoms with van der Waals surface area (Å²) in [6.07, 6.45) is -0.892. The van der Waals surface area contributed by atoms with E-state index in [4.69, 9.17) is 14.6 Å². The monoisotopic (exact) mass is 374 g/mol. The van der Waals surface area contributed by atoms with Crippen molar-refractivity contribution in [2.24, 2.45) is 17.8 Å². The molecule has 0 radical (unpaired) electrons. The third-order valence-corrected chi connectivity index (χ3v) is 5.48. The third kappa shape index (κ3) is 3.48. The summed E-state index contributed by atoms with van der Waals surface area (Å²) < 4.78 is 10.6. The smallest absolute Gasteiger partial charge is 0.414 e. The van der Waals surface area contributed by atoms with Gasteiger partial charge < -0.3 is 19.5 Å².